The van der Waals surface area contributed by atoms with Crippen LogP contribution in [0.1, 0.15) is 22.7 Å². The first kappa shape index (κ1) is 21.0. The summed E-state index contributed by atoms with van der Waals surface area (Å²) in [7, 11) is 0. The maximum absolute atomic E-state index is 12.8. The summed E-state index contributed by atoms with van der Waals surface area (Å²) in [5, 5.41) is 23.3. The Bertz CT molecular complexity index is 923. The lowest BCUT2D eigenvalue weighted by atomic mass is 9.95. The molecule has 1 aliphatic rings. The summed E-state index contributed by atoms with van der Waals surface area (Å²) in [6.45, 7) is 3.01. The molecule has 0 saturated carbocycles. The van der Waals surface area contributed by atoms with Crippen molar-refractivity contribution in [1.29, 1.82) is 0 Å². The second-order valence-corrected chi connectivity index (χ2v) is 7.32. The Morgan fingerprint density at radius 3 is 2.34 bits per heavy atom. The van der Waals surface area contributed by atoms with Gasteiger partial charge in [0.2, 0.25) is 0 Å². The van der Waals surface area contributed by atoms with Crippen LogP contribution >= 0.6 is 11.6 Å². The van der Waals surface area contributed by atoms with Gasteiger partial charge in [-0.25, -0.2) is 0 Å². The molecule has 1 aliphatic heterocycles. The molecule has 1 amide bonds. The van der Waals surface area contributed by atoms with Gasteiger partial charge in [0.25, 0.3) is 11.7 Å². The molecule has 6 nitrogen and oxygen atoms in total. The number of Topliss-reactive ketones (excluding diaryl/α,β-unsaturated/α-hetero) is 1. The smallest absolute Gasteiger partial charge is 0.295 e. The molecule has 1 fully saturated rings. The van der Waals surface area contributed by atoms with Crippen LogP contribution in [-0.4, -0.2) is 53.0 Å². The topological polar surface area (TPSA) is 89.9 Å². The number of likely N-dealkylation sites (tertiary alicyclic amines) is 1. The number of aryl methyl sites for hydroxylation is 1. The van der Waals surface area contributed by atoms with Crippen molar-refractivity contribution in [1.82, 2.24) is 10.2 Å². The molecule has 152 valence electrons. The van der Waals surface area contributed by atoms with Gasteiger partial charge in [-0.1, -0.05) is 41.4 Å². The average Bonchev–Trinajstić information content (AvgIpc) is 2.96. The Balaban J connectivity index is 2.05. The van der Waals surface area contributed by atoms with Crippen molar-refractivity contribution < 1.29 is 19.8 Å². The van der Waals surface area contributed by atoms with Crippen molar-refractivity contribution in [2.45, 2.75) is 13.0 Å². The molecule has 7 heteroatoms. The van der Waals surface area contributed by atoms with Gasteiger partial charge in [-0.3, -0.25) is 9.59 Å². The van der Waals surface area contributed by atoms with Crippen LogP contribution in [-0.2, 0) is 9.59 Å². The number of hydrogen-bond donors (Lipinski definition) is 3. The van der Waals surface area contributed by atoms with Crippen molar-refractivity contribution in [2.24, 2.45) is 0 Å². The maximum atomic E-state index is 12.8. The number of ketones is 1. The largest absolute Gasteiger partial charge is 0.507 e. The molecule has 1 unspecified atom stereocenters. The summed E-state index contributed by atoms with van der Waals surface area (Å²) in [5.41, 5.74) is 2.27. The number of aliphatic hydroxyl groups excluding tert-OH is 2. The zero-order valence-corrected chi connectivity index (χ0v) is 16.8. The highest BCUT2D eigenvalue weighted by Gasteiger charge is 2.45. The van der Waals surface area contributed by atoms with E-state index in [2.05, 4.69) is 5.32 Å². The van der Waals surface area contributed by atoms with E-state index in [4.69, 9.17) is 16.7 Å². The van der Waals surface area contributed by atoms with Crippen LogP contribution in [0.2, 0.25) is 5.02 Å². The number of aliphatic hydroxyl groups is 2. The van der Waals surface area contributed by atoms with E-state index in [1.54, 1.807) is 24.3 Å². The van der Waals surface area contributed by atoms with Crippen LogP contribution in [0.3, 0.4) is 0 Å². The summed E-state index contributed by atoms with van der Waals surface area (Å²) >= 11 is 5.92. The van der Waals surface area contributed by atoms with Gasteiger partial charge < -0.3 is 20.4 Å². The van der Waals surface area contributed by atoms with Crippen LogP contribution in [0.15, 0.2) is 54.1 Å². The highest BCUT2D eigenvalue weighted by atomic mass is 35.5. The third-order valence-electron chi connectivity index (χ3n) is 4.87. The van der Waals surface area contributed by atoms with E-state index in [-0.39, 0.29) is 24.5 Å². The average molecular weight is 415 g/mol. The molecule has 1 atom stereocenters. The van der Waals surface area contributed by atoms with Crippen LogP contribution in [0.25, 0.3) is 5.76 Å². The van der Waals surface area contributed by atoms with E-state index < -0.39 is 17.7 Å². The van der Waals surface area contributed by atoms with E-state index >= 15 is 0 Å². The first-order valence-corrected chi connectivity index (χ1v) is 9.74. The lowest BCUT2D eigenvalue weighted by Crippen LogP contribution is -2.36. The number of nitrogens with one attached hydrogen (secondary N) is 1. The molecular weight excluding hydrogens is 392 g/mol. The standard InChI is InChI=1S/C22H23ClN2O4/c1-14-2-4-15(5-3-14)19-18(20(27)16-6-8-17(23)9-7-16)21(28)22(29)25(19)12-10-24-11-13-26/h2-9,19,24,26-27H,10-13H2,1H3/b20-18-. The molecule has 0 spiro atoms. The number of benzene rings is 2. The van der Waals surface area contributed by atoms with E-state index in [9.17, 15) is 14.7 Å². The number of hydrogen-bond acceptors (Lipinski definition) is 5. The molecule has 0 aliphatic carbocycles. The van der Waals surface area contributed by atoms with Crippen molar-refractivity contribution in [3.05, 3.63) is 75.8 Å². The SMILES string of the molecule is Cc1ccc(C2/C(=C(/O)c3ccc(Cl)cc3)C(=O)C(=O)N2CCNCCO)cc1. The van der Waals surface area contributed by atoms with Gasteiger partial charge in [0.15, 0.2) is 0 Å². The summed E-state index contributed by atoms with van der Waals surface area (Å²) in [6.07, 6.45) is 0. The highest BCUT2D eigenvalue weighted by Crippen LogP contribution is 2.39. The molecule has 2 aromatic rings. The van der Waals surface area contributed by atoms with Crippen molar-refractivity contribution in [3.8, 4) is 0 Å². The second-order valence-electron chi connectivity index (χ2n) is 6.88. The van der Waals surface area contributed by atoms with Gasteiger partial charge >= 0.3 is 0 Å². The first-order valence-electron chi connectivity index (χ1n) is 9.36. The molecule has 2 aromatic carbocycles. The molecule has 0 bridgehead atoms. The Labute approximate surface area is 174 Å². The van der Waals surface area contributed by atoms with Gasteiger partial charge in [-0.15, -0.1) is 0 Å². The zero-order chi connectivity index (χ0) is 21.0. The predicted octanol–water partition coefficient (Wildman–Crippen LogP) is 2.65. The monoisotopic (exact) mass is 414 g/mol. The number of amides is 1. The number of carbonyl (C=O) groups is 2. The van der Waals surface area contributed by atoms with Crippen molar-refractivity contribution in [3.63, 3.8) is 0 Å². The predicted molar refractivity (Wildman–Crippen MR) is 112 cm³/mol. The molecule has 3 rings (SSSR count). The summed E-state index contributed by atoms with van der Waals surface area (Å²) < 4.78 is 0. The van der Waals surface area contributed by atoms with Gasteiger partial charge in [0, 0.05) is 30.2 Å². The third kappa shape index (κ3) is 4.50. The van der Waals surface area contributed by atoms with Gasteiger partial charge in [-0.05, 0) is 36.8 Å². The van der Waals surface area contributed by atoms with Gasteiger partial charge in [0.05, 0.1) is 18.2 Å². The summed E-state index contributed by atoms with van der Waals surface area (Å²) in [5.74, 6) is -1.60. The first-order chi connectivity index (χ1) is 13.9. The van der Waals surface area contributed by atoms with Crippen LogP contribution in [0.5, 0.6) is 0 Å². The van der Waals surface area contributed by atoms with Crippen LogP contribution < -0.4 is 5.32 Å². The number of carbonyl (C=O) groups excluding carboxylic acids is 2. The second kappa shape index (κ2) is 9.22. The highest BCUT2D eigenvalue weighted by molar-refractivity contribution is 6.46. The number of rotatable bonds is 7. The zero-order valence-electron chi connectivity index (χ0n) is 16.1. The fourth-order valence-corrected chi connectivity index (χ4v) is 3.50. The fraction of sp³-hybridized carbons (Fsp3) is 0.273. The lowest BCUT2D eigenvalue weighted by Gasteiger charge is -2.25. The van der Waals surface area contributed by atoms with E-state index in [0.29, 0.717) is 23.7 Å². The number of halogens is 1. The minimum Gasteiger partial charge on any atom is -0.507 e. The van der Waals surface area contributed by atoms with E-state index in [1.807, 2.05) is 31.2 Å². The Hall–Kier alpha value is -2.67. The minimum absolute atomic E-state index is 0.0171. The van der Waals surface area contributed by atoms with Gasteiger partial charge in [-0.2, -0.15) is 0 Å². The maximum Gasteiger partial charge on any atom is 0.295 e. The normalized spacial score (nSPS) is 18.4. The molecule has 29 heavy (non-hydrogen) atoms. The van der Waals surface area contributed by atoms with E-state index in [1.165, 1.54) is 4.90 Å². The van der Waals surface area contributed by atoms with Gasteiger partial charge in [0.1, 0.15) is 5.76 Å². The summed E-state index contributed by atoms with van der Waals surface area (Å²) in [6, 6.07) is 13.3. The van der Waals surface area contributed by atoms with Crippen molar-refractivity contribution >= 4 is 29.1 Å². The Kier molecular flexibility index (Phi) is 6.69. The van der Waals surface area contributed by atoms with Crippen LogP contribution in [0.4, 0.5) is 0 Å². The molecule has 0 aromatic heterocycles. The van der Waals surface area contributed by atoms with Crippen molar-refractivity contribution in [2.75, 3.05) is 26.2 Å². The molecule has 0 radical (unpaired) electrons. The van der Waals surface area contributed by atoms with E-state index in [0.717, 1.165) is 11.1 Å². The Morgan fingerprint density at radius 2 is 1.72 bits per heavy atom. The Morgan fingerprint density at radius 1 is 1.07 bits per heavy atom. The molecule has 1 saturated heterocycles. The minimum atomic E-state index is -0.717. The quantitative estimate of drug-likeness (QED) is 0.280. The molecular formula is C22H23ClN2O4. The fourth-order valence-electron chi connectivity index (χ4n) is 3.37. The van der Waals surface area contributed by atoms with Crippen LogP contribution in [0, 0.1) is 6.92 Å². The number of nitrogens with zero attached hydrogens (tertiary/aromatic N) is 1. The molecule has 3 N–H and O–H groups in total. The molecule has 1 heterocycles. The third-order valence-corrected chi connectivity index (χ3v) is 5.12. The summed E-state index contributed by atoms with van der Waals surface area (Å²) in [4.78, 5) is 27.1. The lowest BCUT2D eigenvalue weighted by molar-refractivity contribution is -0.139.